The zero-order chi connectivity index (χ0) is 25.0. The van der Waals surface area contributed by atoms with Gasteiger partial charge in [0.2, 0.25) is 5.91 Å². The topological polar surface area (TPSA) is 108 Å². The second kappa shape index (κ2) is 8.37. The molecule has 0 unspecified atom stereocenters. The Balaban J connectivity index is 1.47. The highest BCUT2D eigenvalue weighted by atomic mass is 32.2. The fraction of sp³-hybridized carbons (Fsp3) is 0.375. The zero-order valence-corrected chi connectivity index (χ0v) is 19.5. The minimum atomic E-state index is -1.15. The number of carbonyl (C=O) groups excluding carboxylic acids is 1. The Labute approximate surface area is 203 Å². The first kappa shape index (κ1) is 23.4. The number of aromatic nitrogens is 2. The molecule has 7 nitrogen and oxygen atoms in total. The van der Waals surface area contributed by atoms with E-state index in [1.807, 2.05) is 6.07 Å². The van der Waals surface area contributed by atoms with Gasteiger partial charge < -0.3 is 10.6 Å². The molecule has 0 spiro atoms. The van der Waals surface area contributed by atoms with Crippen molar-refractivity contribution in [3.63, 3.8) is 0 Å². The van der Waals surface area contributed by atoms with Gasteiger partial charge in [0.15, 0.2) is 16.7 Å². The summed E-state index contributed by atoms with van der Waals surface area (Å²) in [6, 6.07) is 5.94. The van der Waals surface area contributed by atoms with Crippen LogP contribution in [-0.2, 0) is 10.3 Å². The molecule has 1 aliphatic carbocycles. The van der Waals surface area contributed by atoms with E-state index in [0.717, 1.165) is 24.2 Å². The van der Waals surface area contributed by atoms with E-state index in [4.69, 9.17) is 11.0 Å². The maximum Gasteiger partial charge on any atom is 0.239 e. The minimum absolute atomic E-state index is 0.0494. The molecule has 1 saturated heterocycles. The fourth-order valence-electron chi connectivity index (χ4n) is 4.97. The lowest BCUT2D eigenvalue weighted by molar-refractivity contribution is -0.131. The number of amides is 1. The van der Waals surface area contributed by atoms with Crippen LogP contribution in [0.2, 0.25) is 0 Å². The van der Waals surface area contributed by atoms with Crippen LogP contribution in [0.25, 0.3) is 11.9 Å². The van der Waals surface area contributed by atoms with Gasteiger partial charge in [0.05, 0.1) is 24.5 Å². The van der Waals surface area contributed by atoms with E-state index < -0.39 is 28.1 Å². The Bertz CT molecular complexity index is 1310. The number of fused-ring (bicyclic) bond motifs is 1. The molecule has 5 rings (SSSR count). The number of carbonyl (C=O) groups is 1. The molecule has 2 N–H and O–H groups in total. The summed E-state index contributed by atoms with van der Waals surface area (Å²) in [4.78, 5) is 27.1. The summed E-state index contributed by atoms with van der Waals surface area (Å²) in [5, 5.41) is 8.98. The van der Waals surface area contributed by atoms with Crippen LogP contribution >= 0.6 is 11.8 Å². The van der Waals surface area contributed by atoms with Gasteiger partial charge in [-0.25, -0.2) is 23.1 Å². The molecule has 35 heavy (non-hydrogen) atoms. The Morgan fingerprint density at radius 1 is 1.37 bits per heavy atom. The Morgan fingerprint density at radius 2 is 2.17 bits per heavy atom. The molecule has 3 heterocycles. The smallest absolute Gasteiger partial charge is 0.239 e. The van der Waals surface area contributed by atoms with Crippen LogP contribution < -0.4 is 5.73 Å². The van der Waals surface area contributed by atoms with Crippen molar-refractivity contribution in [1.82, 2.24) is 14.9 Å². The number of benzene rings is 1. The molecule has 0 bridgehead atoms. The number of alkyl halides is 1. The monoisotopic (exact) mass is 498 g/mol. The summed E-state index contributed by atoms with van der Waals surface area (Å²) >= 11 is 1.16. The number of aliphatic imine (C=N–C) groups is 1. The van der Waals surface area contributed by atoms with Crippen LogP contribution in [0.3, 0.4) is 0 Å². The van der Waals surface area contributed by atoms with Gasteiger partial charge in [-0.3, -0.25) is 9.79 Å². The van der Waals surface area contributed by atoms with Crippen LogP contribution in [0.4, 0.5) is 13.2 Å². The molecule has 2 aliphatic heterocycles. The maximum absolute atomic E-state index is 15.1. The normalized spacial score (nSPS) is 29.9. The van der Waals surface area contributed by atoms with Gasteiger partial charge in [-0.05, 0) is 43.5 Å². The Kier molecular flexibility index (Phi) is 5.59. The van der Waals surface area contributed by atoms with Crippen molar-refractivity contribution in [3.05, 3.63) is 58.9 Å². The van der Waals surface area contributed by atoms with Crippen molar-refractivity contribution in [2.24, 2.45) is 16.6 Å². The summed E-state index contributed by atoms with van der Waals surface area (Å²) in [5.41, 5.74) is 5.50. The van der Waals surface area contributed by atoms with E-state index in [2.05, 4.69) is 15.0 Å². The van der Waals surface area contributed by atoms with Gasteiger partial charge >= 0.3 is 0 Å². The second-order valence-corrected chi connectivity index (χ2v) is 10.5. The van der Waals surface area contributed by atoms with Gasteiger partial charge in [-0.15, -0.1) is 0 Å². The summed E-state index contributed by atoms with van der Waals surface area (Å²) < 4.78 is 42.7. The van der Waals surface area contributed by atoms with E-state index in [-0.39, 0.29) is 40.5 Å². The predicted octanol–water partition coefficient (Wildman–Crippen LogP) is 3.56. The molecule has 1 saturated carbocycles. The summed E-state index contributed by atoms with van der Waals surface area (Å²) in [6.07, 6.45) is 3.17. The van der Waals surface area contributed by atoms with Gasteiger partial charge in [0.1, 0.15) is 28.5 Å². The van der Waals surface area contributed by atoms with Crippen LogP contribution in [0.5, 0.6) is 0 Å². The third kappa shape index (κ3) is 3.95. The predicted molar refractivity (Wildman–Crippen MR) is 126 cm³/mol. The number of thioether (sulfide) groups is 1. The lowest BCUT2D eigenvalue weighted by Crippen LogP contribution is -2.45. The quantitative estimate of drug-likeness (QED) is 0.691. The van der Waals surface area contributed by atoms with Crippen molar-refractivity contribution in [1.29, 1.82) is 5.26 Å². The number of nitrogens with two attached hydrogens (primary N) is 1. The van der Waals surface area contributed by atoms with Gasteiger partial charge in [-0.2, -0.15) is 5.26 Å². The molecule has 2 fully saturated rings. The molecule has 11 heteroatoms. The Hall–Kier alpha value is -3.39. The third-order valence-corrected chi connectivity index (χ3v) is 8.13. The standard InChI is InChI=1S/C24H21F3N6OS/c1-23(20-8-24(20,35-22(29)32-23)21(34)33-5-4-14(25)12-33)16-6-13(2-3-17(16)26)7-18(27)19-11-30-15(9-28)10-31-19/h2-3,6-7,10-11,14,20H,4-5,8,12H2,1H3,(H2,29,32)/t14-,20+,23-,24+/m1/s1. The van der Waals surface area contributed by atoms with Crippen molar-refractivity contribution in [2.45, 2.75) is 36.2 Å². The maximum atomic E-state index is 15.1. The van der Waals surface area contributed by atoms with Crippen LogP contribution in [0.1, 0.15) is 42.3 Å². The molecule has 0 radical (unpaired) electrons. The van der Waals surface area contributed by atoms with Gasteiger partial charge in [0.25, 0.3) is 0 Å². The third-order valence-electron chi connectivity index (χ3n) is 6.84. The number of halogens is 3. The van der Waals surface area contributed by atoms with E-state index in [0.29, 0.717) is 24.9 Å². The zero-order valence-electron chi connectivity index (χ0n) is 18.7. The summed E-state index contributed by atoms with van der Waals surface area (Å²) in [5.74, 6) is -1.80. The van der Waals surface area contributed by atoms with Gasteiger partial charge in [-0.1, -0.05) is 17.8 Å². The number of rotatable bonds is 4. The lowest BCUT2D eigenvalue weighted by atomic mass is 9.84. The first-order chi connectivity index (χ1) is 16.7. The number of amidine groups is 1. The molecule has 1 amide bonds. The van der Waals surface area contributed by atoms with Crippen molar-refractivity contribution in [2.75, 3.05) is 13.1 Å². The number of nitrogens with zero attached hydrogens (tertiary/aromatic N) is 5. The van der Waals surface area contributed by atoms with Crippen LogP contribution in [0.15, 0.2) is 35.6 Å². The average molecular weight is 499 g/mol. The van der Waals surface area contributed by atoms with Gasteiger partial charge in [0, 0.05) is 18.0 Å². The number of hydrogen-bond donors (Lipinski definition) is 1. The minimum Gasteiger partial charge on any atom is -0.378 e. The molecule has 3 aliphatic rings. The molecule has 4 atom stereocenters. The average Bonchev–Trinajstić information content (AvgIpc) is 3.44. The summed E-state index contributed by atoms with van der Waals surface area (Å²) in [7, 11) is 0. The highest BCUT2D eigenvalue weighted by Gasteiger charge is 2.71. The molecule has 1 aromatic carbocycles. The van der Waals surface area contributed by atoms with Crippen LogP contribution in [0, 0.1) is 23.1 Å². The summed E-state index contributed by atoms with van der Waals surface area (Å²) in [6.45, 7) is 2.11. The molecule has 180 valence electrons. The van der Waals surface area contributed by atoms with Crippen LogP contribution in [-0.4, -0.2) is 50.0 Å². The van der Waals surface area contributed by atoms with E-state index in [1.165, 1.54) is 29.2 Å². The molecule has 2 aromatic rings. The highest BCUT2D eigenvalue weighted by molar-refractivity contribution is 8.15. The Morgan fingerprint density at radius 3 is 2.83 bits per heavy atom. The molecule has 1 aromatic heterocycles. The number of nitriles is 1. The molecular formula is C24H21F3N6OS. The largest absolute Gasteiger partial charge is 0.378 e. The van der Waals surface area contributed by atoms with E-state index >= 15 is 4.39 Å². The number of hydrogen-bond acceptors (Lipinski definition) is 7. The second-order valence-electron chi connectivity index (χ2n) is 9.11. The van der Waals surface area contributed by atoms with Crippen molar-refractivity contribution >= 4 is 34.7 Å². The van der Waals surface area contributed by atoms with Crippen molar-refractivity contribution < 1.29 is 18.0 Å². The fourth-order valence-corrected chi connectivity index (χ4v) is 6.42. The number of likely N-dealkylation sites (tertiary alicyclic amines) is 1. The molecular weight excluding hydrogens is 477 g/mol. The van der Waals surface area contributed by atoms with E-state index in [1.54, 1.807) is 6.92 Å². The van der Waals surface area contributed by atoms with Crippen molar-refractivity contribution in [3.8, 4) is 6.07 Å². The highest BCUT2D eigenvalue weighted by Crippen LogP contribution is 2.66. The first-order valence-electron chi connectivity index (χ1n) is 11.0. The lowest BCUT2D eigenvalue weighted by Gasteiger charge is -2.35. The van der Waals surface area contributed by atoms with E-state index in [9.17, 15) is 13.6 Å². The first-order valence-corrected chi connectivity index (χ1v) is 11.9. The SMILES string of the molecule is C[C@]1(c2cc(C=C(F)c3cnc(C#N)cn3)ccc2F)N=C(N)S[C@@]2(C(=O)N3CC[C@@H](F)C3)C[C@H]21.